The largest absolute Gasteiger partial charge is 2.00 e. The SMILES string of the molecule is CCCCCCCCC12C=CC=CC1(O)S2.[Ba+2].[H-].[H-]. The minimum absolute atomic E-state index is 0. The van der Waals surface area contributed by atoms with Gasteiger partial charge in [0.15, 0.2) is 0 Å². The fourth-order valence-corrected chi connectivity index (χ4v) is 3.74. The molecule has 17 heavy (non-hydrogen) atoms. The molecule has 0 radical (unpaired) electrons. The molecule has 0 saturated carbocycles. The molecule has 0 aromatic rings. The minimum atomic E-state index is -0.564. The standard InChI is InChI=1S/C14H22OS.Ba.2H/c1-2-3-4-5-6-7-10-13-11-8-9-12-14(13,15)16-13;;;/h8-9,11-12,15H,2-7,10H2,1H3;;;/q;+2;2*-1. The summed E-state index contributed by atoms with van der Waals surface area (Å²) in [4.78, 5) is -0.564. The zero-order valence-electron chi connectivity index (χ0n) is 12.8. The first-order valence-corrected chi connectivity index (χ1v) is 7.34. The minimum Gasteiger partial charge on any atom is -1.00 e. The van der Waals surface area contributed by atoms with Crippen LogP contribution in [0.1, 0.15) is 54.7 Å². The van der Waals surface area contributed by atoms with Crippen LogP contribution in [0, 0.1) is 0 Å². The van der Waals surface area contributed by atoms with Crippen molar-refractivity contribution in [1.29, 1.82) is 0 Å². The molecule has 0 aromatic heterocycles. The van der Waals surface area contributed by atoms with Crippen molar-refractivity contribution in [2.45, 2.75) is 61.5 Å². The van der Waals surface area contributed by atoms with E-state index in [2.05, 4.69) is 19.1 Å². The zero-order valence-corrected chi connectivity index (χ0v) is 16.1. The van der Waals surface area contributed by atoms with Gasteiger partial charge in [0.25, 0.3) is 0 Å². The Kier molecular flexibility index (Phi) is 6.98. The Morgan fingerprint density at radius 1 is 1.06 bits per heavy atom. The smallest absolute Gasteiger partial charge is 1.00 e. The van der Waals surface area contributed by atoms with E-state index in [1.807, 2.05) is 12.2 Å². The van der Waals surface area contributed by atoms with Crippen molar-refractivity contribution >= 4 is 60.6 Å². The topological polar surface area (TPSA) is 20.2 Å². The van der Waals surface area contributed by atoms with Gasteiger partial charge in [0.2, 0.25) is 0 Å². The Morgan fingerprint density at radius 2 is 1.71 bits per heavy atom. The summed E-state index contributed by atoms with van der Waals surface area (Å²) in [5.41, 5.74) is 0. The monoisotopic (exact) mass is 378 g/mol. The molecule has 1 N–H and O–H groups in total. The predicted molar refractivity (Wildman–Crippen MR) is 79.5 cm³/mol. The molecule has 0 bridgehead atoms. The molecule has 1 aliphatic heterocycles. The van der Waals surface area contributed by atoms with Crippen LogP contribution in [0.4, 0.5) is 0 Å². The number of aliphatic hydroxyl groups is 1. The van der Waals surface area contributed by atoms with Gasteiger partial charge in [-0.15, -0.1) is 11.8 Å². The summed E-state index contributed by atoms with van der Waals surface area (Å²) in [6, 6.07) is 0. The van der Waals surface area contributed by atoms with Crippen LogP contribution >= 0.6 is 11.8 Å². The number of hydrogen-bond acceptors (Lipinski definition) is 2. The summed E-state index contributed by atoms with van der Waals surface area (Å²) in [6.45, 7) is 2.25. The van der Waals surface area contributed by atoms with Gasteiger partial charge >= 0.3 is 48.9 Å². The van der Waals surface area contributed by atoms with E-state index in [0.717, 1.165) is 6.42 Å². The zero-order chi connectivity index (χ0) is 11.5. The maximum atomic E-state index is 10.2. The molecular weight excluding hydrogens is 354 g/mol. The van der Waals surface area contributed by atoms with Gasteiger partial charge in [-0.3, -0.25) is 0 Å². The average Bonchev–Trinajstić information content (AvgIpc) is 2.90. The van der Waals surface area contributed by atoms with Gasteiger partial charge in [0.05, 0.1) is 4.75 Å². The van der Waals surface area contributed by atoms with Crippen LogP contribution in [0.15, 0.2) is 24.3 Å². The summed E-state index contributed by atoms with van der Waals surface area (Å²) < 4.78 is 0.0342. The van der Waals surface area contributed by atoms with Gasteiger partial charge in [-0.1, -0.05) is 63.7 Å². The second kappa shape index (κ2) is 7.23. The maximum Gasteiger partial charge on any atom is 2.00 e. The first-order chi connectivity index (χ1) is 7.72. The molecule has 1 nitrogen and oxygen atoms in total. The van der Waals surface area contributed by atoms with Crippen molar-refractivity contribution in [2.24, 2.45) is 0 Å². The number of hydrogen-bond donors (Lipinski definition) is 1. The van der Waals surface area contributed by atoms with Gasteiger partial charge in [0, 0.05) is 0 Å². The van der Waals surface area contributed by atoms with Crippen molar-refractivity contribution in [3.63, 3.8) is 0 Å². The van der Waals surface area contributed by atoms with E-state index < -0.39 is 4.93 Å². The van der Waals surface area contributed by atoms with Crippen LogP contribution in [0.3, 0.4) is 0 Å². The van der Waals surface area contributed by atoms with Gasteiger partial charge in [-0.05, 0) is 12.5 Å². The summed E-state index contributed by atoms with van der Waals surface area (Å²) in [7, 11) is 0. The van der Waals surface area contributed by atoms with E-state index in [0.29, 0.717) is 0 Å². The van der Waals surface area contributed by atoms with E-state index in [1.54, 1.807) is 11.8 Å². The van der Waals surface area contributed by atoms with Crippen molar-refractivity contribution < 1.29 is 7.96 Å². The second-order valence-corrected chi connectivity index (χ2v) is 6.48. The Morgan fingerprint density at radius 3 is 2.41 bits per heavy atom. The number of rotatable bonds is 7. The molecule has 1 heterocycles. The second-order valence-electron chi connectivity index (χ2n) is 4.92. The maximum absolute atomic E-state index is 10.2. The van der Waals surface area contributed by atoms with Crippen molar-refractivity contribution in [3.05, 3.63) is 24.3 Å². The van der Waals surface area contributed by atoms with Gasteiger partial charge in [-0.2, -0.15) is 0 Å². The van der Waals surface area contributed by atoms with Crippen LogP contribution in [-0.2, 0) is 0 Å². The van der Waals surface area contributed by atoms with E-state index in [-0.39, 0.29) is 56.5 Å². The Bertz CT molecular complexity index is 312. The van der Waals surface area contributed by atoms with Crippen LogP contribution < -0.4 is 0 Å². The van der Waals surface area contributed by atoms with E-state index in [9.17, 15) is 5.11 Å². The third-order valence-electron chi connectivity index (χ3n) is 3.60. The van der Waals surface area contributed by atoms with Crippen LogP contribution in [0.2, 0.25) is 0 Å². The molecule has 0 aromatic carbocycles. The predicted octanol–water partition coefficient (Wildman–Crippen LogP) is 3.88. The summed E-state index contributed by atoms with van der Waals surface area (Å²) >= 11 is 1.70. The fraction of sp³-hybridized carbons (Fsp3) is 0.714. The molecule has 1 aliphatic carbocycles. The summed E-state index contributed by atoms with van der Waals surface area (Å²) in [5, 5.41) is 10.2. The molecule has 94 valence electrons. The summed E-state index contributed by atoms with van der Waals surface area (Å²) in [5.74, 6) is 0. The number of unbranched alkanes of at least 4 members (excludes halogenated alkanes) is 5. The Hall–Kier alpha value is 1.36. The average molecular weight is 378 g/mol. The van der Waals surface area contributed by atoms with E-state index >= 15 is 0 Å². The molecule has 2 rings (SSSR count). The first kappa shape index (κ1) is 16.4. The number of thioether (sulfide) groups is 1. The molecule has 2 atom stereocenters. The van der Waals surface area contributed by atoms with E-state index in [4.69, 9.17) is 0 Å². The fourth-order valence-electron chi connectivity index (χ4n) is 2.46. The Balaban J connectivity index is 0. The normalized spacial score (nSPS) is 33.1. The number of fused-ring (bicyclic) bond motifs is 1. The quantitative estimate of drug-likeness (QED) is 0.413. The molecule has 1 saturated heterocycles. The van der Waals surface area contributed by atoms with Crippen LogP contribution in [0.25, 0.3) is 0 Å². The third-order valence-corrected chi connectivity index (χ3v) is 5.23. The molecule has 2 aliphatic rings. The molecule has 3 heteroatoms. The molecule has 2 unspecified atom stereocenters. The molecule has 1 fully saturated rings. The molecule has 0 amide bonds. The molecule has 0 spiro atoms. The van der Waals surface area contributed by atoms with Crippen molar-refractivity contribution in [1.82, 2.24) is 0 Å². The van der Waals surface area contributed by atoms with Gasteiger partial charge in [-0.25, -0.2) is 0 Å². The van der Waals surface area contributed by atoms with E-state index in [1.165, 1.54) is 38.5 Å². The first-order valence-electron chi connectivity index (χ1n) is 6.52. The van der Waals surface area contributed by atoms with Crippen molar-refractivity contribution in [2.75, 3.05) is 0 Å². The van der Waals surface area contributed by atoms with Crippen LogP contribution in [0.5, 0.6) is 0 Å². The van der Waals surface area contributed by atoms with Gasteiger partial charge < -0.3 is 7.96 Å². The Labute approximate surface area is 153 Å². The molecular formula is C14H24BaOS. The number of allylic oxidation sites excluding steroid dienone is 2. The third kappa shape index (κ3) is 3.91. The van der Waals surface area contributed by atoms with Gasteiger partial charge in [0.1, 0.15) is 4.93 Å². The van der Waals surface area contributed by atoms with Crippen LogP contribution in [-0.4, -0.2) is 63.7 Å². The summed E-state index contributed by atoms with van der Waals surface area (Å²) in [6.07, 6.45) is 17.3. The van der Waals surface area contributed by atoms with Crippen molar-refractivity contribution in [3.8, 4) is 0 Å².